The maximum atomic E-state index is 5.94. The number of hydrogen-bond acceptors (Lipinski definition) is 7. The summed E-state index contributed by atoms with van der Waals surface area (Å²) in [5.41, 5.74) is 6.36. The zero-order valence-corrected chi connectivity index (χ0v) is 19.3. The normalized spacial score (nSPS) is 16.1. The highest BCUT2D eigenvalue weighted by Crippen LogP contribution is 2.34. The fourth-order valence-corrected chi connectivity index (χ4v) is 4.67. The van der Waals surface area contributed by atoms with Crippen LogP contribution >= 0.6 is 50.2 Å². The summed E-state index contributed by atoms with van der Waals surface area (Å²) >= 11 is 12.7. The monoisotopic (exact) mass is 490 g/mol. The maximum absolute atomic E-state index is 5.94. The molecule has 0 spiro atoms. The van der Waals surface area contributed by atoms with Gasteiger partial charge in [0.2, 0.25) is 5.28 Å². The first-order valence-electron chi connectivity index (χ1n) is 8.83. The predicted molar refractivity (Wildman–Crippen MR) is 121 cm³/mol. The predicted octanol–water partition coefficient (Wildman–Crippen LogP) is 5.93. The molecule has 27 heavy (non-hydrogen) atoms. The summed E-state index contributed by atoms with van der Waals surface area (Å²) in [5.74, 6) is 0.786. The van der Waals surface area contributed by atoms with Gasteiger partial charge in [-0.2, -0.15) is 4.98 Å². The minimum absolute atomic E-state index is 0.260. The van der Waals surface area contributed by atoms with Gasteiger partial charge in [0.05, 0.1) is 22.3 Å². The Labute approximate surface area is 181 Å². The van der Waals surface area contributed by atoms with Gasteiger partial charge >= 0.3 is 0 Å². The molecule has 1 fully saturated rings. The van der Waals surface area contributed by atoms with Crippen LogP contribution in [0.2, 0.25) is 5.28 Å². The molecule has 0 radical (unpaired) electrons. The third-order valence-corrected chi connectivity index (χ3v) is 6.48. The molecule has 5 nitrogen and oxygen atoms in total. The van der Waals surface area contributed by atoms with Gasteiger partial charge in [-0.25, -0.2) is 4.98 Å². The van der Waals surface area contributed by atoms with Crippen molar-refractivity contribution in [2.75, 3.05) is 18.5 Å². The van der Waals surface area contributed by atoms with Gasteiger partial charge in [-0.15, -0.1) is 22.7 Å². The molecule has 0 saturated carbocycles. The lowest BCUT2D eigenvalue weighted by atomic mass is 10.1. The van der Waals surface area contributed by atoms with E-state index < -0.39 is 0 Å². The summed E-state index contributed by atoms with van der Waals surface area (Å²) in [6.07, 6.45) is 2.28. The van der Waals surface area contributed by atoms with Crippen molar-refractivity contribution in [3.05, 3.63) is 37.5 Å². The van der Waals surface area contributed by atoms with Gasteiger partial charge in [0.25, 0.3) is 0 Å². The van der Waals surface area contributed by atoms with Gasteiger partial charge in [0.15, 0.2) is 0 Å². The molecule has 1 atom stereocenters. The Morgan fingerprint density at radius 2 is 2.19 bits per heavy atom. The number of thiophene rings is 2. The van der Waals surface area contributed by atoms with Crippen molar-refractivity contribution in [3.8, 4) is 0 Å². The maximum Gasteiger partial charge on any atom is 0.225 e. The molecule has 1 aliphatic heterocycles. The number of nitrogens with two attached hydrogens (primary N) is 1. The minimum Gasteiger partial charge on any atom is -0.380 e. The second-order valence-electron chi connectivity index (χ2n) is 5.51. The quantitative estimate of drug-likeness (QED) is 0.444. The zero-order valence-electron chi connectivity index (χ0n) is 15.4. The van der Waals surface area contributed by atoms with Crippen LogP contribution in [0.15, 0.2) is 27.4 Å². The van der Waals surface area contributed by atoms with Crippen molar-refractivity contribution < 1.29 is 4.74 Å². The second-order valence-corrected chi connectivity index (χ2v) is 8.62. The van der Waals surface area contributed by atoms with Crippen LogP contribution in [0.3, 0.4) is 0 Å². The summed E-state index contributed by atoms with van der Waals surface area (Å²) in [7, 11) is 0. The average Bonchev–Trinajstić information content (AvgIpc) is 3.33. The molecule has 3 aromatic rings. The number of halogens is 2. The van der Waals surface area contributed by atoms with E-state index in [2.05, 4.69) is 42.7 Å². The average molecular weight is 492 g/mol. The fourth-order valence-electron chi connectivity index (χ4n) is 2.33. The molecule has 1 unspecified atom stereocenters. The fraction of sp³-hybridized carbons (Fsp3) is 0.444. The van der Waals surface area contributed by atoms with Gasteiger partial charge < -0.3 is 15.8 Å². The lowest BCUT2D eigenvalue weighted by Gasteiger charge is -2.16. The third kappa shape index (κ3) is 6.96. The van der Waals surface area contributed by atoms with Crippen LogP contribution in [0.5, 0.6) is 0 Å². The van der Waals surface area contributed by atoms with Crippen LogP contribution in [0, 0.1) is 0 Å². The van der Waals surface area contributed by atoms with E-state index in [0.717, 1.165) is 53.1 Å². The Morgan fingerprint density at radius 1 is 1.37 bits per heavy atom. The van der Waals surface area contributed by atoms with E-state index >= 15 is 0 Å². The van der Waals surface area contributed by atoms with Gasteiger partial charge in [-0.1, -0.05) is 19.9 Å². The van der Waals surface area contributed by atoms with Crippen LogP contribution in [0.25, 0.3) is 10.2 Å². The molecule has 3 aromatic heterocycles. The highest BCUT2D eigenvalue weighted by molar-refractivity contribution is 9.10. The van der Waals surface area contributed by atoms with Gasteiger partial charge in [-0.05, 0) is 51.8 Å². The van der Waals surface area contributed by atoms with Gasteiger partial charge in [0, 0.05) is 22.9 Å². The summed E-state index contributed by atoms with van der Waals surface area (Å²) in [6.45, 7) is 6.42. The minimum atomic E-state index is 0.260. The van der Waals surface area contributed by atoms with Crippen LogP contribution in [0.4, 0.5) is 5.82 Å². The van der Waals surface area contributed by atoms with E-state index in [9.17, 15) is 0 Å². The summed E-state index contributed by atoms with van der Waals surface area (Å²) in [5, 5.41) is 7.62. The van der Waals surface area contributed by atoms with Crippen molar-refractivity contribution in [1.29, 1.82) is 0 Å². The molecule has 0 aliphatic carbocycles. The van der Waals surface area contributed by atoms with Crippen molar-refractivity contribution in [2.24, 2.45) is 5.73 Å². The summed E-state index contributed by atoms with van der Waals surface area (Å²) in [6, 6.07) is 4.43. The van der Waals surface area contributed by atoms with Crippen LogP contribution in [0.1, 0.15) is 31.6 Å². The number of nitrogens with one attached hydrogen (secondary N) is 1. The number of nitrogens with zero attached hydrogens (tertiary/aromatic N) is 2. The smallest absolute Gasteiger partial charge is 0.225 e. The Kier molecular flexibility index (Phi) is 9.95. The molecular formula is C18H24BrClN4OS2. The van der Waals surface area contributed by atoms with Crippen molar-refractivity contribution in [2.45, 2.75) is 39.3 Å². The Balaban J connectivity index is 0.000000244. The number of aromatic nitrogens is 2. The number of ether oxygens (including phenoxy) is 1. The van der Waals surface area contributed by atoms with E-state index in [4.69, 9.17) is 22.1 Å². The Bertz CT molecular complexity index is 807. The number of hydrogen-bond donors (Lipinski definition) is 2. The molecule has 1 saturated heterocycles. The molecule has 0 amide bonds. The molecule has 0 aromatic carbocycles. The lowest BCUT2D eigenvalue weighted by Crippen LogP contribution is -2.30. The third-order valence-electron chi connectivity index (χ3n) is 3.55. The van der Waals surface area contributed by atoms with E-state index in [0.29, 0.717) is 6.04 Å². The zero-order chi connectivity index (χ0) is 19.6. The van der Waals surface area contributed by atoms with E-state index in [-0.39, 0.29) is 5.28 Å². The number of anilines is 1. The largest absolute Gasteiger partial charge is 0.380 e. The molecule has 0 bridgehead atoms. The molecular weight excluding hydrogens is 468 g/mol. The number of fused-ring (bicyclic) bond motifs is 1. The van der Waals surface area contributed by atoms with Crippen LogP contribution in [-0.2, 0) is 11.3 Å². The number of rotatable bonds is 3. The Hall–Kier alpha value is -0.770. The molecule has 4 rings (SSSR count). The highest BCUT2D eigenvalue weighted by Gasteiger charge is 2.11. The summed E-state index contributed by atoms with van der Waals surface area (Å²) < 4.78 is 7.02. The molecule has 3 N–H and O–H groups in total. The molecule has 4 heterocycles. The van der Waals surface area contributed by atoms with Crippen molar-refractivity contribution in [1.82, 2.24) is 9.97 Å². The van der Waals surface area contributed by atoms with Gasteiger partial charge in [-0.3, -0.25) is 0 Å². The van der Waals surface area contributed by atoms with Gasteiger partial charge in [0.1, 0.15) is 11.3 Å². The van der Waals surface area contributed by atoms with Crippen molar-refractivity contribution >= 4 is 66.2 Å². The Morgan fingerprint density at radius 3 is 2.78 bits per heavy atom. The van der Waals surface area contributed by atoms with Crippen molar-refractivity contribution in [3.63, 3.8) is 0 Å². The van der Waals surface area contributed by atoms with Crippen LogP contribution < -0.4 is 11.1 Å². The molecule has 1 aliphatic rings. The SMILES string of the molecule is CC.Clc1nc(NCc2cccs2)c2scc(Br)c2n1.NC1CCCOC1. The lowest BCUT2D eigenvalue weighted by molar-refractivity contribution is 0.0822. The molecule has 9 heteroatoms. The highest BCUT2D eigenvalue weighted by atomic mass is 79.9. The standard InChI is InChI=1S/C11H7BrClN3S2.C5H11NO.C2H6/c12-7-5-18-9-8(7)15-11(13)16-10(9)14-4-6-2-1-3-17-6;6-5-2-1-3-7-4-5;1-2/h1-3,5H,4H2,(H,14,15,16);5H,1-4,6H2;1-2H3. The van der Waals surface area contributed by atoms with E-state index in [1.807, 2.05) is 25.3 Å². The first kappa shape index (κ1) is 22.5. The first-order valence-corrected chi connectivity index (χ1v) is 11.8. The second kappa shape index (κ2) is 11.9. The summed E-state index contributed by atoms with van der Waals surface area (Å²) in [4.78, 5) is 9.73. The molecule has 148 valence electrons. The van der Waals surface area contributed by atoms with E-state index in [1.165, 1.54) is 4.88 Å². The topological polar surface area (TPSA) is 73.1 Å². The van der Waals surface area contributed by atoms with E-state index in [1.54, 1.807) is 22.7 Å². The van der Waals surface area contributed by atoms with Crippen LogP contribution in [-0.4, -0.2) is 29.2 Å². The first-order chi connectivity index (χ1) is 13.1.